The molecule has 104 valence electrons. The minimum atomic E-state index is -0.690. The molecule has 0 spiro atoms. The molecule has 1 unspecified atom stereocenters. The lowest BCUT2D eigenvalue weighted by Crippen LogP contribution is -2.54. The van der Waals surface area contributed by atoms with Crippen LogP contribution in [-0.4, -0.2) is 42.1 Å². The highest BCUT2D eigenvalue weighted by Gasteiger charge is 2.45. The summed E-state index contributed by atoms with van der Waals surface area (Å²) < 4.78 is 5.33. The summed E-state index contributed by atoms with van der Waals surface area (Å²) in [5, 5.41) is 0. The Hall–Kier alpha value is -0.680. The van der Waals surface area contributed by atoms with Crippen molar-refractivity contribution in [1.29, 1.82) is 0 Å². The van der Waals surface area contributed by atoms with Gasteiger partial charge in [-0.2, -0.15) is 0 Å². The first kappa shape index (κ1) is 15.4. The van der Waals surface area contributed by atoms with Crippen LogP contribution in [0.15, 0.2) is 0 Å². The zero-order chi connectivity index (χ0) is 13.8. The lowest BCUT2D eigenvalue weighted by Gasteiger charge is -2.39. The van der Waals surface area contributed by atoms with Crippen molar-refractivity contribution in [2.24, 2.45) is 11.1 Å². The summed E-state index contributed by atoms with van der Waals surface area (Å²) in [6, 6.07) is 0.219. The normalized spacial score (nSPS) is 20.2. The van der Waals surface area contributed by atoms with Crippen molar-refractivity contribution in [1.82, 2.24) is 4.90 Å². The Morgan fingerprint density at radius 1 is 1.50 bits per heavy atom. The monoisotopic (exact) mass is 272 g/mol. The molecule has 1 aliphatic heterocycles. The molecule has 0 saturated carbocycles. The minimum absolute atomic E-state index is 0.0549. The predicted octanol–water partition coefficient (Wildman–Crippen LogP) is 1.72. The maximum absolute atomic E-state index is 12.7. The molecule has 0 aliphatic carbocycles. The van der Waals surface area contributed by atoms with E-state index < -0.39 is 5.41 Å². The average molecular weight is 272 g/mol. The van der Waals surface area contributed by atoms with Crippen LogP contribution in [0, 0.1) is 5.41 Å². The van der Waals surface area contributed by atoms with Crippen LogP contribution in [0.4, 0.5) is 0 Å². The van der Waals surface area contributed by atoms with Crippen LogP contribution in [0.3, 0.4) is 0 Å². The van der Waals surface area contributed by atoms with Crippen LogP contribution in [0.1, 0.15) is 39.5 Å². The molecule has 1 aliphatic rings. The van der Waals surface area contributed by atoms with Crippen molar-refractivity contribution in [3.05, 3.63) is 0 Å². The molecule has 1 heterocycles. The predicted molar refractivity (Wildman–Crippen MR) is 76.4 cm³/mol. The van der Waals surface area contributed by atoms with Gasteiger partial charge in [0.1, 0.15) is 5.41 Å². The number of ether oxygens (including phenoxy) is 1. The number of nitrogens with two attached hydrogens (primary N) is 1. The highest BCUT2D eigenvalue weighted by atomic mass is 32.1. The topological polar surface area (TPSA) is 55.6 Å². The van der Waals surface area contributed by atoms with Gasteiger partial charge in [-0.05, 0) is 26.2 Å². The number of hydrogen-bond donors (Lipinski definition) is 1. The van der Waals surface area contributed by atoms with Gasteiger partial charge in [-0.15, -0.1) is 0 Å². The first-order valence-electron chi connectivity index (χ1n) is 6.60. The van der Waals surface area contributed by atoms with Crippen LogP contribution in [0.25, 0.3) is 0 Å². The van der Waals surface area contributed by atoms with E-state index in [1.54, 1.807) is 4.90 Å². The zero-order valence-corrected chi connectivity index (χ0v) is 12.4. The van der Waals surface area contributed by atoms with Crippen molar-refractivity contribution in [2.75, 3.05) is 20.3 Å². The molecule has 0 aromatic rings. The van der Waals surface area contributed by atoms with E-state index in [2.05, 4.69) is 13.8 Å². The van der Waals surface area contributed by atoms with E-state index >= 15 is 0 Å². The van der Waals surface area contributed by atoms with Gasteiger partial charge in [0.05, 0.1) is 4.99 Å². The van der Waals surface area contributed by atoms with Crippen molar-refractivity contribution in [3.8, 4) is 0 Å². The lowest BCUT2D eigenvalue weighted by molar-refractivity contribution is -0.143. The first-order chi connectivity index (χ1) is 8.45. The summed E-state index contributed by atoms with van der Waals surface area (Å²) in [6.07, 6.45) is 3.25. The lowest BCUT2D eigenvalue weighted by atomic mass is 9.78. The maximum atomic E-state index is 12.7. The number of nitrogens with zero attached hydrogens (tertiary/aromatic N) is 1. The van der Waals surface area contributed by atoms with Gasteiger partial charge in [0, 0.05) is 26.3 Å². The third kappa shape index (κ3) is 3.01. The Morgan fingerprint density at radius 3 is 2.50 bits per heavy atom. The fraction of sp³-hybridized carbons (Fsp3) is 0.846. The summed E-state index contributed by atoms with van der Waals surface area (Å²) in [5.41, 5.74) is 5.15. The van der Waals surface area contributed by atoms with Gasteiger partial charge in [0.15, 0.2) is 0 Å². The highest BCUT2D eigenvalue weighted by Crippen LogP contribution is 2.33. The minimum Gasteiger partial charge on any atom is -0.392 e. The molecule has 0 aromatic carbocycles. The van der Waals surface area contributed by atoms with Crippen molar-refractivity contribution < 1.29 is 9.53 Å². The largest absolute Gasteiger partial charge is 0.392 e. The van der Waals surface area contributed by atoms with E-state index in [9.17, 15) is 4.79 Å². The Bertz CT molecular complexity index is 314. The van der Waals surface area contributed by atoms with Crippen molar-refractivity contribution >= 4 is 23.1 Å². The number of rotatable bonds is 5. The Kier molecular flexibility index (Phi) is 5.53. The van der Waals surface area contributed by atoms with Crippen LogP contribution in [0.2, 0.25) is 0 Å². The number of thiocarbonyl (C=S) groups is 1. The highest BCUT2D eigenvalue weighted by molar-refractivity contribution is 7.80. The van der Waals surface area contributed by atoms with Gasteiger partial charge in [-0.3, -0.25) is 4.79 Å². The molecular weight excluding hydrogens is 248 g/mol. The summed E-state index contributed by atoms with van der Waals surface area (Å²) >= 11 is 5.15. The molecule has 2 N–H and O–H groups in total. The van der Waals surface area contributed by atoms with Crippen molar-refractivity contribution in [2.45, 2.75) is 45.6 Å². The summed E-state index contributed by atoms with van der Waals surface area (Å²) in [6.45, 7) is 5.29. The zero-order valence-electron chi connectivity index (χ0n) is 11.6. The fourth-order valence-electron chi connectivity index (χ4n) is 2.43. The number of carbonyl (C=O) groups is 1. The van der Waals surface area contributed by atoms with Crippen LogP contribution in [0.5, 0.6) is 0 Å². The molecule has 1 amide bonds. The molecule has 18 heavy (non-hydrogen) atoms. The molecule has 1 atom stereocenters. The Labute approximate surface area is 115 Å². The standard InChI is InChI=1S/C13H24N2O2S/c1-4-5-10(2)15(3)12(16)13(11(14)18)6-8-17-9-7-13/h10H,4-9H2,1-3H3,(H2,14,18). The fourth-order valence-corrected chi connectivity index (χ4v) is 2.73. The van der Waals surface area contributed by atoms with E-state index in [0.29, 0.717) is 31.0 Å². The molecule has 1 saturated heterocycles. The van der Waals surface area contributed by atoms with Crippen LogP contribution < -0.4 is 5.73 Å². The molecule has 1 fully saturated rings. The van der Waals surface area contributed by atoms with E-state index in [0.717, 1.165) is 12.8 Å². The van der Waals surface area contributed by atoms with E-state index in [1.807, 2.05) is 7.05 Å². The van der Waals surface area contributed by atoms with Crippen LogP contribution in [-0.2, 0) is 9.53 Å². The molecule has 4 nitrogen and oxygen atoms in total. The van der Waals surface area contributed by atoms with E-state index in [1.165, 1.54) is 0 Å². The van der Waals surface area contributed by atoms with Gasteiger partial charge in [-0.1, -0.05) is 25.6 Å². The van der Waals surface area contributed by atoms with Crippen molar-refractivity contribution in [3.63, 3.8) is 0 Å². The van der Waals surface area contributed by atoms with Gasteiger partial charge in [-0.25, -0.2) is 0 Å². The molecule has 5 heteroatoms. The summed E-state index contributed by atoms with van der Waals surface area (Å²) in [7, 11) is 1.85. The second-order valence-electron chi connectivity index (χ2n) is 5.11. The molecule has 0 bridgehead atoms. The number of carbonyl (C=O) groups excluding carboxylic acids is 1. The Balaban J connectivity index is 2.86. The van der Waals surface area contributed by atoms with E-state index in [4.69, 9.17) is 22.7 Å². The number of amides is 1. The number of hydrogen-bond acceptors (Lipinski definition) is 3. The molecule has 0 radical (unpaired) electrons. The molecular formula is C13H24N2O2S. The third-order valence-electron chi connectivity index (χ3n) is 3.92. The van der Waals surface area contributed by atoms with Gasteiger partial charge < -0.3 is 15.4 Å². The second kappa shape index (κ2) is 6.48. The third-order valence-corrected chi connectivity index (χ3v) is 4.31. The first-order valence-corrected chi connectivity index (χ1v) is 7.01. The summed E-state index contributed by atoms with van der Waals surface area (Å²) in [5.74, 6) is 0.0549. The molecule has 0 aromatic heterocycles. The van der Waals surface area contributed by atoms with Crippen LogP contribution >= 0.6 is 12.2 Å². The SMILES string of the molecule is CCCC(C)N(C)C(=O)C1(C(N)=S)CCOCC1. The van der Waals surface area contributed by atoms with E-state index in [-0.39, 0.29) is 11.9 Å². The Morgan fingerprint density at radius 2 is 2.06 bits per heavy atom. The quantitative estimate of drug-likeness (QED) is 0.774. The average Bonchev–Trinajstić information content (AvgIpc) is 2.37. The van der Waals surface area contributed by atoms with Gasteiger partial charge >= 0.3 is 0 Å². The smallest absolute Gasteiger partial charge is 0.235 e. The summed E-state index contributed by atoms with van der Waals surface area (Å²) in [4.78, 5) is 14.8. The van der Waals surface area contributed by atoms with Gasteiger partial charge in [0.25, 0.3) is 0 Å². The molecule has 1 rings (SSSR count). The second-order valence-corrected chi connectivity index (χ2v) is 5.55. The van der Waals surface area contributed by atoms with Gasteiger partial charge in [0.2, 0.25) is 5.91 Å². The maximum Gasteiger partial charge on any atom is 0.235 e.